The molecule has 2 aromatic heterocycles. The number of methoxy groups -OCH3 is 1. The normalized spacial score (nSPS) is 21.7. The molecule has 2 heterocycles. The van der Waals surface area contributed by atoms with Crippen LogP contribution in [0.3, 0.4) is 0 Å². The Hall–Kier alpha value is -1.80. The summed E-state index contributed by atoms with van der Waals surface area (Å²) in [5.41, 5.74) is -0.0211. The highest BCUT2D eigenvalue weighted by atomic mass is 32.1. The Bertz CT molecular complexity index is 663. The van der Waals surface area contributed by atoms with Crippen molar-refractivity contribution in [1.29, 1.82) is 0 Å². The van der Waals surface area contributed by atoms with Crippen LogP contribution in [0.5, 0.6) is 0 Å². The van der Waals surface area contributed by atoms with Crippen molar-refractivity contribution in [2.75, 3.05) is 12.4 Å². The second-order valence-corrected chi connectivity index (χ2v) is 6.45. The van der Waals surface area contributed by atoms with E-state index in [0.29, 0.717) is 12.6 Å². The lowest BCUT2D eigenvalue weighted by Gasteiger charge is -2.29. The van der Waals surface area contributed by atoms with E-state index in [2.05, 4.69) is 20.6 Å². The van der Waals surface area contributed by atoms with Crippen LogP contribution in [0, 0.1) is 0 Å². The highest BCUT2D eigenvalue weighted by molar-refractivity contribution is 7.15. The molecular formula is C14H19N5O2S. The summed E-state index contributed by atoms with van der Waals surface area (Å²) in [5, 5.41) is 17.5. The Morgan fingerprint density at radius 2 is 2.18 bits per heavy atom. The van der Waals surface area contributed by atoms with Gasteiger partial charge in [-0.2, -0.15) is 5.10 Å². The van der Waals surface area contributed by atoms with E-state index in [1.807, 2.05) is 0 Å². The smallest absolute Gasteiger partial charge is 0.266 e. The minimum Gasteiger partial charge on any atom is -0.377 e. The molecule has 0 saturated heterocycles. The number of rotatable bonds is 5. The lowest BCUT2D eigenvalue weighted by Crippen LogP contribution is -2.32. The van der Waals surface area contributed by atoms with Crippen molar-refractivity contribution >= 4 is 16.5 Å². The van der Waals surface area contributed by atoms with Crippen LogP contribution in [0.25, 0.3) is 0 Å². The molecule has 1 fully saturated rings. The molecule has 1 aliphatic carbocycles. The van der Waals surface area contributed by atoms with Crippen molar-refractivity contribution in [2.24, 2.45) is 0 Å². The molecule has 0 bridgehead atoms. The quantitative estimate of drug-likeness (QED) is 0.905. The van der Waals surface area contributed by atoms with Gasteiger partial charge in [0, 0.05) is 25.4 Å². The Balaban J connectivity index is 1.55. The summed E-state index contributed by atoms with van der Waals surface area (Å²) in [6, 6.07) is 3.82. The van der Waals surface area contributed by atoms with Crippen LogP contribution in [0.15, 0.2) is 23.1 Å². The largest absolute Gasteiger partial charge is 0.377 e. The van der Waals surface area contributed by atoms with E-state index >= 15 is 0 Å². The minimum absolute atomic E-state index is 0.0211. The summed E-state index contributed by atoms with van der Waals surface area (Å²) in [6.45, 7) is 0.495. The molecule has 0 aromatic carbocycles. The molecule has 0 spiro atoms. The van der Waals surface area contributed by atoms with Crippen molar-refractivity contribution in [2.45, 2.75) is 44.4 Å². The molecule has 118 valence electrons. The predicted octanol–water partition coefficient (Wildman–Crippen LogP) is 1.84. The average molecular weight is 321 g/mol. The van der Waals surface area contributed by atoms with Crippen LogP contribution in [0.1, 0.15) is 36.7 Å². The number of nitrogens with one attached hydrogen (secondary N) is 1. The van der Waals surface area contributed by atoms with Gasteiger partial charge in [-0.1, -0.05) is 11.3 Å². The average Bonchev–Trinajstić information content (AvgIpc) is 2.96. The van der Waals surface area contributed by atoms with Crippen LogP contribution >= 0.6 is 11.3 Å². The topological polar surface area (TPSA) is 81.9 Å². The summed E-state index contributed by atoms with van der Waals surface area (Å²) in [6.07, 6.45) is 5.54. The molecule has 1 N–H and O–H groups in total. The van der Waals surface area contributed by atoms with Crippen LogP contribution in [-0.2, 0) is 11.3 Å². The molecule has 22 heavy (non-hydrogen) atoms. The zero-order chi connectivity index (χ0) is 15.4. The number of aromatic nitrogens is 4. The molecule has 7 nitrogen and oxygen atoms in total. The third-order valence-corrected chi connectivity index (χ3v) is 4.67. The van der Waals surface area contributed by atoms with Gasteiger partial charge < -0.3 is 10.1 Å². The van der Waals surface area contributed by atoms with Gasteiger partial charge in [-0.3, -0.25) is 4.79 Å². The van der Waals surface area contributed by atoms with E-state index in [0.717, 1.165) is 35.8 Å². The molecule has 0 amide bonds. The highest BCUT2D eigenvalue weighted by Gasteiger charge is 2.24. The first-order chi connectivity index (χ1) is 10.8. The summed E-state index contributed by atoms with van der Waals surface area (Å²) in [7, 11) is 1.65. The van der Waals surface area contributed by atoms with Gasteiger partial charge in [0.15, 0.2) is 0 Å². The summed E-state index contributed by atoms with van der Waals surface area (Å²) in [5.74, 6) is 0. The van der Waals surface area contributed by atoms with Gasteiger partial charge >= 0.3 is 0 Å². The minimum atomic E-state index is -0.0211. The zero-order valence-electron chi connectivity index (χ0n) is 12.4. The van der Waals surface area contributed by atoms with E-state index in [1.54, 1.807) is 30.1 Å². The van der Waals surface area contributed by atoms with Gasteiger partial charge in [0.05, 0.1) is 6.04 Å². The molecule has 1 saturated carbocycles. The van der Waals surface area contributed by atoms with Crippen LogP contribution in [0.4, 0.5) is 5.13 Å². The third-order valence-electron chi connectivity index (χ3n) is 3.85. The Labute approximate surface area is 132 Å². The van der Waals surface area contributed by atoms with Crippen molar-refractivity contribution in [1.82, 2.24) is 20.0 Å². The van der Waals surface area contributed by atoms with Crippen molar-refractivity contribution in [3.05, 3.63) is 33.7 Å². The SMILES string of the molecule is COCc1nnc(NC2CCC(n3ncccc3=O)CC2)s1. The first kappa shape index (κ1) is 15.1. The monoisotopic (exact) mass is 321 g/mol. The maximum absolute atomic E-state index is 11.8. The molecule has 2 aromatic rings. The van der Waals surface area contributed by atoms with Crippen molar-refractivity contribution in [3.63, 3.8) is 0 Å². The van der Waals surface area contributed by atoms with E-state index in [9.17, 15) is 4.79 Å². The molecule has 3 rings (SSSR count). The van der Waals surface area contributed by atoms with Gasteiger partial charge in [-0.25, -0.2) is 4.68 Å². The standard InChI is InChI=1S/C14H19N5O2S/c1-21-9-12-17-18-14(22-12)16-10-4-6-11(7-5-10)19-13(20)3-2-8-15-19/h2-3,8,10-11H,4-7,9H2,1H3,(H,16,18). The predicted molar refractivity (Wildman–Crippen MR) is 84.0 cm³/mol. The van der Waals surface area contributed by atoms with Crippen LogP contribution in [-0.4, -0.2) is 33.1 Å². The van der Waals surface area contributed by atoms with Gasteiger partial charge in [-0.05, 0) is 31.7 Å². The fourth-order valence-corrected chi connectivity index (χ4v) is 3.57. The lowest BCUT2D eigenvalue weighted by atomic mass is 9.91. The van der Waals surface area contributed by atoms with Crippen LogP contribution in [0.2, 0.25) is 0 Å². The fourth-order valence-electron chi connectivity index (χ4n) is 2.78. The second-order valence-electron chi connectivity index (χ2n) is 5.39. The van der Waals surface area contributed by atoms with Crippen molar-refractivity contribution < 1.29 is 4.74 Å². The van der Waals surface area contributed by atoms with E-state index < -0.39 is 0 Å². The molecule has 0 aliphatic heterocycles. The molecule has 1 aliphatic rings. The summed E-state index contributed by atoms with van der Waals surface area (Å²) in [4.78, 5) is 11.8. The van der Waals surface area contributed by atoms with Gasteiger partial charge in [-0.15, -0.1) is 10.2 Å². The van der Waals surface area contributed by atoms with E-state index in [4.69, 9.17) is 4.74 Å². The number of ether oxygens (including phenoxy) is 1. The maximum atomic E-state index is 11.8. The van der Waals surface area contributed by atoms with E-state index in [-0.39, 0.29) is 11.6 Å². The number of hydrogen-bond acceptors (Lipinski definition) is 7. The first-order valence-corrected chi connectivity index (χ1v) is 8.19. The van der Waals surface area contributed by atoms with Gasteiger partial charge in [0.25, 0.3) is 5.56 Å². The Morgan fingerprint density at radius 1 is 1.36 bits per heavy atom. The molecule has 0 atom stereocenters. The number of anilines is 1. The number of nitrogens with zero attached hydrogens (tertiary/aromatic N) is 4. The maximum Gasteiger partial charge on any atom is 0.266 e. The number of hydrogen-bond donors (Lipinski definition) is 1. The lowest BCUT2D eigenvalue weighted by molar-refractivity contribution is 0.184. The molecular weight excluding hydrogens is 302 g/mol. The van der Waals surface area contributed by atoms with Crippen molar-refractivity contribution in [3.8, 4) is 0 Å². The van der Waals surface area contributed by atoms with E-state index in [1.165, 1.54) is 11.3 Å². The third kappa shape index (κ3) is 3.50. The highest BCUT2D eigenvalue weighted by Crippen LogP contribution is 2.29. The summed E-state index contributed by atoms with van der Waals surface area (Å²) >= 11 is 1.52. The van der Waals surface area contributed by atoms with Gasteiger partial charge in [0.1, 0.15) is 11.6 Å². The Morgan fingerprint density at radius 3 is 2.91 bits per heavy atom. The zero-order valence-corrected chi connectivity index (χ0v) is 13.3. The molecule has 0 unspecified atom stereocenters. The molecule has 0 radical (unpaired) electrons. The first-order valence-electron chi connectivity index (χ1n) is 7.38. The Kier molecular flexibility index (Phi) is 4.79. The van der Waals surface area contributed by atoms with Gasteiger partial charge in [0.2, 0.25) is 5.13 Å². The second kappa shape index (κ2) is 6.97. The van der Waals surface area contributed by atoms with Crippen LogP contribution < -0.4 is 10.9 Å². The molecule has 8 heteroatoms. The summed E-state index contributed by atoms with van der Waals surface area (Å²) < 4.78 is 6.66. The fraction of sp³-hybridized carbons (Fsp3) is 0.571.